The lowest BCUT2D eigenvalue weighted by atomic mass is 10.1. The van der Waals surface area contributed by atoms with Gasteiger partial charge in [-0.15, -0.1) is 0 Å². The first kappa shape index (κ1) is 23.2. The monoisotopic (exact) mass is 520 g/mol. The van der Waals surface area contributed by atoms with Gasteiger partial charge >= 0.3 is 0 Å². The van der Waals surface area contributed by atoms with E-state index in [0.717, 1.165) is 21.0 Å². The number of rotatable bonds is 9. The lowest BCUT2D eigenvalue weighted by Crippen LogP contribution is -2.02. The van der Waals surface area contributed by atoms with E-state index in [1.54, 1.807) is 6.21 Å². The van der Waals surface area contributed by atoms with Crippen LogP contribution in [-0.4, -0.2) is 22.7 Å². The Morgan fingerprint density at radius 3 is 2.65 bits per heavy atom. The van der Waals surface area contributed by atoms with Crippen molar-refractivity contribution in [2.45, 2.75) is 13.5 Å². The molecule has 0 radical (unpaired) electrons. The third-order valence-corrected chi connectivity index (χ3v) is 5.47. The van der Waals surface area contributed by atoms with Crippen LogP contribution in [0.4, 0.5) is 11.5 Å². The molecule has 1 heterocycles. The van der Waals surface area contributed by atoms with Crippen LogP contribution in [0, 0.1) is 10.1 Å². The zero-order valence-electron chi connectivity index (χ0n) is 18.3. The molecular weight excluding hydrogens is 500 g/mol. The molecule has 0 aliphatic heterocycles. The fraction of sp³-hybridized carbons (Fsp3) is 0.120. The van der Waals surface area contributed by atoms with Crippen molar-refractivity contribution >= 4 is 44.4 Å². The minimum absolute atomic E-state index is 0.0842. The number of benzene rings is 3. The van der Waals surface area contributed by atoms with E-state index in [0.29, 0.717) is 30.5 Å². The highest BCUT2D eigenvalue weighted by Crippen LogP contribution is 2.37. The Hall–Kier alpha value is -3.98. The van der Waals surface area contributed by atoms with Crippen LogP contribution >= 0.6 is 15.9 Å². The van der Waals surface area contributed by atoms with Gasteiger partial charge in [-0.2, -0.15) is 5.10 Å². The number of fused-ring (bicyclic) bond motifs is 1. The van der Waals surface area contributed by atoms with Crippen LogP contribution in [0.1, 0.15) is 18.1 Å². The summed E-state index contributed by atoms with van der Waals surface area (Å²) in [5.41, 5.74) is 4.49. The lowest BCUT2D eigenvalue weighted by molar-refractivity contribution is -0.385. The van der Waals surface area contributed by atoms with Crippen molar-refractivity contribution in [2.75, 3.05) is 12.0 Å². The van der Waals surface area contributed by atoms with Gasteiger partial charge in [-0.25, -0.2) is 4.98 Å². The molecule has 0 aliphatic rings. The molecule has 34 heavy (non-hydrogen) atoms. The van der Waals surface area contributed by atoms with Crippen LogP contribution in [0.15, 0.2) is 82.5 Å². The molecule has 0 bridgehead atoms. The molecule has 8 nitrogen and oxygen atoms in total. The summed E-state index contributed by atoms with van der Waals surface area (Å²) in [4.78, 5) is 14.2. The topological polar surface area (TPSA) is 98.9 Å². The summed E-state index contributed by atoms with van der Waals surface area (Å²) in [5, 5.41) is 17.2. The molecule has 9 heteroatoms. The summed E-state index contributed by atoms with van der Waals surface area (Å²) in [5.74, 6) is 1.59. The minimum Gasteiger partial charge on any atom is -0.490 e. The van der Waals surface area contributed by atoms with Gasteiger partial charge in [0.2, 0.25) is 0 Å². The highest BCUT2D eigenvalue weighted by molar-refractivity contribution is 9.10. The molecule has 0 spiro atoms. The second kappa shape index (κ2) is 10.8. The van der Waals surface area contributed by atoms with Gasteiger partial charge < -0.3 is 9.47 Å². The van der Waals surface area contributed by atoms with E-state index >= 15 is 0 Å². The summed E-state index contributed by atoms with van der Waals surface area (Å²) in [7, 11) is 0. The molecule has 4 rings (SSSR count). The molecular formula is C25H21BrN4O4. The molecule has 0 aliphatic carbocycles. The summed E-state index contributed by atoms with van der Waals surface area (Å²) in [6.45, 7) is 2.78. The largest absolute Gasteiger partial charge is 0.490 e. The van der Waals surface area contributed by atoms with Crippen LogP contribution in [0.25, 0.3) is 10.8 Å². The number of ether oxygens (including phenoxy) is 2. The highest BCUT2D eigenvalue weighted by Gasteiger charge is 2.12. The zero-order valence-corrected chi connectivity index (χ0v) is 19.9. The lowest BCUT2D eigenvalue weighted by Gasteiger charge is -2.15. The Morgan fingerprint density at radius 2 is 1.91 bits per heavy atom. The number of halogens is 1. The Kier molecular flexibility index (Phi) is 7.34. The van der Waals surface area contributed by atoms with Crippen LogP contribution < -0.4 is 14.9 Å². The van der Waals surface area contributed by atoms with Crippen LogP contribution in [0.5, 0.6) is 11.5 Å². The van der Waals surface area contributed by atoms with Crippen LogP contribution in [0.3, 0.4) is 0 Å². The van der Waals surface area contributed by atoms with Gasteiger partial charge in [0.1, 0.15) is 18.6 Å². The number of hydrogen-bond acceptors (Lipinski definition) is 7. The summed E-state index contributed by atoms with van der Waals surface area (Å²) in [6, 6.07) is 21.0. The minimum atomic E-state index is -0.504. The summed E-state index contributed by atoms with van der Waals surface area (Å²) in [6.07, 6.45) is 2.77. The van der Waals surface area contributed by atoms with Crippen molar-refractivity contribution < 1.29 is 14.4 Å². The molecule has 0 saturated carbocycles. The van der Waals surface area contributed by atoms with Gasteiger partial charge in [0, 0.05) is 6.07 Å². The third kappa shape index (κ3) is 5.68. The van der Waals surface area contributed by atoms with E-state index in [4.69, 9.17) is 9.47 Å². The second-order valence-corrected chi connectivity index (χ2v) is 8.12. The maximum absolute atomic E-state index is 10.7. The Bertz CT molecular complexity index is 1340. The number of nitrogens with one attached hydrogen (secondary N) is 1. The van der Waals surface area contributed by atoms with Gasteiger partial charge in [-0.05, 0) is 69.0 Å². The first-order valence-corrected chi connectivity index (χ1v) is 11.3. The highest BCUT2D eigenvalue weighted by atomic mass is 79.9. The average molecular weight is 521 g/mol. The molecule has 1 N–H and O–H groups in total. The summed E-state index contributed by atoms with van der Waals surface area (Å²) < 4.78 is 12.7. The van der Waals surface area contributed by atoms with Crippen molar-refractivity contribution in [1.82, 2.24) is 4.98 Å². The molecule has 0 fully saturated rings. The smallest absolute Gasteiger partial charge is 0.287 e. The second-order valence-electron chi connectivity index (χ2n) is 7.26. The maximum Gasteiger partial charge on any atom is 0.287 e. The number of nitro groups is 1. The Morgan fingerprint density at radius 1 is 1.09 bits per heavy atom. The molecule has 1 aromatic heterocycles. The molecule has 3 aromatic carbocycles. The number of hydrogen-bond donors (Lipinski definition) is 1. The van der Waals surface area contributed by atoms with Gasteiger partial charge in [0.05, 0.1) is 22.2 Å². The Labute approximate surface area is 204 Å². The van der Waals surface area contributed by atoms with Crippen molar-refractivity contribution in [2.24, 2.45) is 5.10 Å². The number of pyridine rings is 1. The average Bonchev–Trinajstić information content (AvgIpc) is 2.84. The van der Waals surface area contributed by atoms with Crippen molar-refractivity contribution in [3.63, 3.8) is 0 Å². The van der Waals surface area contributed by atoms with E-state index in [-0.39, 0.29) is 5.69 Å². The standard InChI is InChI=1S/C25H21BrN4O4/c1-2-33-23-13-18(14-28-29-24-10-9-21(15-27-24)30(31)32)12-22(26)25(23)34-16-17-7-8-19-5-3-4-6-20(19)11-17/h3-15H,2,16H2,1H3,(H,27,29)/b28-14+. The van der Waals surface area contributed by atoms with E-state index in [9.17, 15) is 10.1 Å². The molecule has 0 saturated heterocycles. The van der Waals surface area contributed by atoms with Gasteiger partial charge in [0.25, 0.3) is 5.69 Å². The number of aromatic nitrogens is 1. The predicted octanol–water partition coefficient (Wildman–Crippen LogP) is 6.33. The fourth-order valence-corrected chi connectivity index (χ4v) is 3.86. The van der Waals surface area contributed by atoms with E-state index in [2.05, 4.69) is 61.8 Å². The molecule has 4 aromatic rings. The molecule has 0 amide bonds. The van der Waals surface area contributed by atoms with E-state index < -0.39 is 4.92 Å². The SMILES string of the molecule is CCOc1cc(/C=N/Nc2ccc([N+](=O)[O-])cn2)cc(Br)c1OCc1ccc2ccccc2c1. The van der Waals surface area contributed by atoms with Gasteiger partial charge in [-0.3, -0.25) is 15.5 Å². The third-order valence-electron chi connectivity index (χ3n) is 4.88. The first-order chi connectivity index (χ1) is 16.5. The molecule has 0 unspecified atom stereocenters. The van der Waals surface area contributed by atoms with Crippen LogP contribution in [-0.2, 0) is 6.61 Å². The zero-order chi connectivity index (χ0) is 23.9. The van der Waals surface area contributed by atoms with Crippen molar-refractivity contribution in [3.8, 4) is 11.5 Å². The fourth-order valence-electron chi connectivity index (χ4n) is 3.28. The number of nitrogens with zero attached hydrogens (tertiary/aromatic N) is 3. The maximum atomic E-state index is 10.7. The summed E-state index contributed by atoms with van der Waals surface area (Å²) >= 11 is 3.58. The van der Waals surface area contributed by atoms with E-state index in [1.807, 2.05) is 31.2 Å². The predicted molar refractivity (Wildman–Crippen MR) is 136 cm³/mol. The first-order valence-electron chi connectivity index (χ1n) is 10.5. The number of hydrazone groups is 1. The molecule has 172 valence electrons. The van der Waals surface area contributed by atoms with Crippen molar-refractivity contribution in [1.29, 1.82) is 0 Å². The quantitative estimate of drug-likeness (QED) is 0.157. The normalized spacial score (nSPS) is 11.0. The Balaban J connectivity index is 1.47. The van der Waals surface area contributed by atoms with Crippen molar-refractivity contribution in [3.05, 3.63) is 98.6 Å². The van der Waals surface area contributed by atoms with Gasteiger partial charge in [-0.1, -0.05) is 36.4 Å². The van der Waals surface area contributed by atoms with Crippen LogP contribution in [0.2, 0.25) is 0 Å². The van der Waals surface area contributed by atoms with Gasteiger partial charge in [0.15, 0.2) is 11.5 Å². The number of anilines is 1. The molecule has 0 atom stereocenters. The van der Waals surface area contributed by atoms with E-state index in [1.165, 1.54) is 23.7 Å².